The average Bonchev–Trinajstić information content (AvgIpc) is 1.68. The first-order valence-corrected chi connectivity index (χ1v) is 37.0. The SMILES string of the molecule is CN(C)Cc1c(Oc2ccc(F)cc2)ccc2c(CCC3CCN(CC4OCCO4)CC3)noc12.CN(C)Cc1c(Oc2ccc(F)cc2)ccc2c(CCC3CCN(CC4OCCO4)CC3)noc12.CN(C)Cc1c(Oc2ccc(F)cc2)ccc2c(CCC3CCNCC3)noc12.O=C(O)/C=C/C(=O)O. The number of benzene rings is 6. The smallest absolute Gasteiger partial charge is 0.328 e. The number of nitrogens with zero attached hydrogens (tertiary/aromatic N) is 8. The highest BCUT2D eigenvalue weighted by atomic mass is 19.1. The summed E-state index contributed by atoms with van der Waals surface area (Å²) in [6.07, 6.45) is 14.3. The van der Waals surface area contributed by atoms with Crippen molar-refractivity contribution >= 4 is 44.8 Å². The predicted octanol–water partition coefficient (Wildman–Crippen LogP) is 14.1. The Bertz CT molecular complexity index is 4100. The number of hydrogen-bond acceptors (Lipinski definition) is 21. The van der Waals surface area contributed by atoms with E-state index in [0.29, 0.717) is 105 Å². The van der Waals surface area contributed by atoms with Crippen molar-refractivity contribution in [1.82, 2.24) is 45.3 Å². The molecule has 0 bridgehead atoms. The molecule has 0 saturated carbocycles. The van der Waals surface area contributed by atoms with Gasteiger partial charge in [0.25, 0.3) is 0 Å². The number of rotatable bonds is 27. The van der Waals surface area contributed by atoms with E-state index in [1.807, 2.05) is 78.7 Å². The maximum atomic E-state index is 13.3. The van der Waals surface area contributed by atoms with Crippen LogP contribution in [0.5, 0.6) is 34.5 Å². The van der Waals surface area contributed by atoms with Crippen LogP contribution in [0.15, 0.2) is 135 Å². The van der Waals surface area contributed by atoms with Crippen molar-refractivity contribution in [3.8, 4) is 34.5 Å². The molecule has 574 valence electrons. The number of piperidine rings is 3. The van der Waals surface area contributed by atoms with E-state index in [-0.39, 0.29) is 30.0 Å². The van der Waals surface area contributed by atoms with Crippen LogP contribution in [0.1, 0.15) is 91.6 Å². The summed E-state index contributed by atoms with van der Waals surface area (Å²) in [7, 11) is 12.1. The number of aliphatic carboxylic acids is 2. The fourth-order valence-corrected chi connectivity index (χ4v) is 14.1. The van der Waals surface area contributed by atoms with Crippen LogP contribution in [0.25, 0.3) is 32.9 Å². The first-order valence-electron chi connectivity index (χ1n) is 37.0. The Labute approximate surface area is 622 Å². The zero-order valence-corrected chi connectivity index (χ0v) is 62.0. The second-order valence-electron chi connectivity index (χ2n) is 28.7. The molecule has 0 atom stereocenters. The summed E-state index contributed by atoms with van der Waals surface area (Å²) >= 11 is 0. The van der Waals surface area contributed by atoms with E-state index in [0.717, 1.165) is 163 Å². The highest BCUT2D eigenvalue weighted by Crippen LogP contribution is 2.39. The van der Waals surface area contributed by atoms with Gasteiger partial charge < -0.3 is 77.0 Å². The van der Waals surface area contributed by atoms with Gasteiger partial charge in [-0.15, -0.1) is 0 Å². The number of aromatic nitrogens is 3. The van der Waals surface area contributed by atoms with Crippen molar-refractivity contribution in [2.24, 2.45) is 17.8 Å². The van der Waals surface area contributed by atoms with Gasteiger partial charge in [-0.25, -0.2) is 22.8 Å². The fraction of sp³-hybridized carbons (Fsp3) is 0.469. The first-order chi connectivity index (χ1) is 51.8. The average molecular weight is 1480 g/mol. The topological polar surface area (TPSA) is 246 Å². The minimum Gasteiger partial charge on any atom is -0.478 e. The maximum Gasteiger partial charge on any atom is 0.328 e. The molecule has 26 heteroatoms. The van der Waals surface area contributed by atoms with E-state index >= 15 is 0 Å². The molecular weight excluding hydrogens is 1380 g/mol. The van der Waals surface area contributed by atoms with Gasteiger partial charge >= 0.3 is 11.9 Å². The number of ether oxygens (including phenoxy) is 7. The maximum absolute atomic E-state index is 13.3. The Balaban J connectivity index is 0.000000153. The molecule has 5 aliphatic heterocycles. The Morgan fingerprint density at radius 1 is 0.449 bits per heavy atom. The number of carbonyl (C=O) groups is 2. The van der Waals surface area contributed by atoms with E-state index in [4.69, 9.17) is 56.9 Å². The summed E-state index contributed by atoms with van der Waals surface area (Å²) in [5.74, 6) is 2.62. The molecule has 8 heterocycles. The standard InChI is InChI=1S/2C27H34FN3O4.C23H28FN3O2.C4H4O4/c2*1-30(2)17-23-25(34-21-6-4-20(28)5-7-21)10-8-22-24(29-35-27(22)23)9-3-19-11-13-31(14-12-19)18-26-32-15-16-33-26;1-27(2)15-20-22(28-18-6-4-17(24)5-7-18)10-8-19-21(26-29-23(19)20)9-3-16-11-13-25-14-12-16;5-3(6)1-2-4(7)8/h2*4-8,10,19,26H,3,9,11-18H2,1-2H3;4-8,10,16,25H,3,9,11-15H2,1-2H3;1-2H,(H,5,6)(H,7,8)/b;;;2-1+. The van der Waals surface area contributed by atoms with Gasteiger partial charge in [0.1, 0.15) is 51.9 Å². The summed E-state index contributed by atoms with van der Waals surface area (Å²) < 4.78 is 97.9. The molecule has 14 rings (SSSR count). The van der Waals surface area contributed by atoms with Gasteiger partial charge in [-0.1, -0.05) is 15.5 Å². The molecule has 0 aliphatic carbocycles. The van der Waals surface area contributed by atoms with E-state index < -0.39 is 11.9 Å². The third-order valence-electron chi connectivity index (χ3n) is 19.7. The molecule has 9 aromatic rings. The Kier molecular flexibility index (Phi) is 29.1. The summed E-state index contributed by atoms with van der Waals surface area (Å²) in [6.45, 7) is 13.1. The number of nitrogens with one attached hydrogen (secondary N) is 1. The van der Waals surface area contributed by atoms with Gasteiger partial charge in [0, 0.05) is 61.0 Å². The summed E-state index contributed by atoms with van der Waals surface area (Å²) in [5, 5.41) is 35.5. The highest BCUT2D eigenvalue weighted by Gasteiger charge is 2.29. The van der Waals surface area contributed by atoms with Crippen LogP contribution in [0.2, 0.25) is 0 Å². The second-order valence-corrected chi connectivity index (χ2v) is 28.7. The molecule has 5 fully saturated rings. The van der Waals surface area contributed by atoms with Gasteiger partial charge in [0.05, 0.1) is 60.2 Å². The largest absolute Gasteiger partial charge is 0.478 e. The van der Waals surface area contributed by atoms with E-state index in [2.05, 4.69) is 45.3 Å². The molecule has 5 aliphatic rings. The molecule has 23 nitrogen and oxygen atoms in total. The number of aryl methyl sites for hydroxylation is 3. The number of carboxylic acids is 2. The van der Waals surface area contributed by atoms with Crippen molar-refractivity contribution < 1.29 is 79.7 Å². The number of hydrogen-bond donors (Lipinski definition) is 3. The minimum absolute atomic E-state index is 0.0543. The normalized spacial score (nSPS) is 16.7. The second kappa shape index (κ2) is 39.3. The molecule has 5 saturated heterocycles. The molecular formula is C81H100F3N9O14. The van der Waals surface area contributed by atoms with Crippen molar-refractivity contribution in [3.63, 3.8) is 0 Å². The monoisotopic (exact) mass is 1480 g/mol. The zero-order valence-electron chi connectivity index (χ0n) is 62.0. The molecule has 6 aromatic carbocycles. The van der Waals surface area contributed by atoms with Gasteiger partial charge in [0.2, 0.25) is 0 Å². The number of carboxylic acid groups (broad SMARTS) is 2. The van der Waals surface area contributed by atoms with Gasteiger partial charge in [-0.3, -0.25) is 9.80 Å². The van der Waals surface area contributed by atoms with Crippen LogP contribution in [0, 0.1) is 35.2 Å². The van der Waals surface area contributed by atoms with E-state index in [1.165, 1.54) is 74.9 Å². The quantitative estimate of drug-likeness (QED) is 0.0405. The molecule has 3 aromatic heterocycles. The van der Waals surface area contributed by atoms with Crippen LogP contribution in [0.3, 0.4) is 0 Å². The van der Waals surface area contributed by atoms with Crippen LogP contribution in [0.4, 0.5) is 13.2 Å². The van der Waals surface area contributed by atoms with Crippen LogP contribution in [-0.4, -0.2) is 196 Å². The highest BCUT2D eigenvalue weighted by molar-refractivity contribution is 5.90. The van der Waals surface area contributed by atoms with Crippen molar-refractivity contribution in [2.75, 3.05) is 121 Å². The summed E-state index contributed by atoms with van der Waals surface area (Å²) in [5.41, 5.74) is 8.18. The lowest BCUT2D eigenvalue weighted by molar-refractivity contribution is -0.134. The number of fused-ring (bicyclic) bond motifs is 3. The van der Waals surface area contributed by atoms with E-state index in [1.54, 1.807) is 36.4 Å². The number of halogens is 3. The van der Waals surface area contributed by atoms with Crippen molar-refractivity contribution in [1.29, 1.82) is 0 Å². The van der Waals surface area contributed by atoms with Crippen molar-refractivity contribution in [2.45, 2.75) is 109 Å². The fourth-order valence-electron chi connectivity index (χ4n) is 14.1. The summed E-state index contributed by atoms with van der Waals surface area (Å²) in [6, 6.07) is 30.1. The first kappa shape index (κ1) is 79.2. The van der Waals surface area contributed by atoms with Crippen LogP contribution >= 0.6 is 0 Å². The third-order valence-corrected chi connectivity index (χ3v) is 19.7. The van der Waals surface area contributed by atoms with Gasteiger partial charge in [0.15, 0.2) is 29.3 Å². The van der Waals surface area contributed by atoms with Crippen LogP contribution < -0.4 is 19.5 Å². The number of likely N-dealkylation sites (tertiary alicyclic amines) is 2. The molecule has 107 heavy (non-hydrogen) atoms. The molecule has 0 spiro atoms. The lowest BCUT2D eigenvalue weighted by Crippen LogP contribution is -2.39. The van der Waals surface area contributed by atoms with Crippen LogP contribution in [-0.2, 0) is 67.4 Å². The minimum atomic E-state index is -1.26. The Morgan fingerprint density at radius 3 is 1.02 bits per heavy atom. The Morgan fingerprint density at radius 2 is 0.738 bits per heavy atom. The zero-order chi connectivity index (χ0) is 75.2. The van der Waals surface area contributed by atoms with Crippen molar-refractivity contribution in [3.05, 3.63) is 173 Å². The predicted molar refractivity (Wildman–Crippen MR) is 398 cm³/mol. The Hall–Kier alpha value is -8.80. The summed E-state index contributed by atoms with van der Waals surface area (Å²) in [4.78, 5) is 30.2. The third kappa shape index (κ3) is 23.6. The molecule has 3 N–H and O–H groups in total. The van der Waals surface area contributed by atoms with E-state index in [9.17, 15) is 22.8 Å². The van der Waals surface area contributed by atoms with Gasteiger partial charge in [-0.05, 0) is 286 Å². The molecule has 0 radical (unpaired) electrons. The van der Waals surface area contributed by atoms with Gasteiger partial charge in [-0.2, -0.15) is 0 Å². The molecule has 0 amide bonds. The lowest BCUT2D eigenvalue weighted by atomic mass is 9.91. The molecule has 0 unspecified atom stereocenters. The lowest BCUT2D eigenvalue weighted by Gasteiger charge is -2.32.